The zero-order valence-corrected chi connectivity index (χ0v) is 13.3. The molecule has 0 amide bonds. The summed E-state index contributed by atoms with van der Waals surface area (Å²) in [4.78, 5) is 1.03. The van der Waals surface area contributed by atoms with Crippen LogP contribution in [0, 0.1) is 11.3 Å². The highest BCUT2D eigenvalue weighted by molar-refractivity contribution is 7.88. The number of nitriles is 1. The summed E-state index contributed by atoms with van der Waals surface area (Å²) >= 11 is 1.55. The molecular weight excluding hydrogens is 304 g/mol. The monoisotopic (exact) mass is 320 g/mol. The van der Waals surface area contributed by atoms with E-state index in [1.165, 1.54) is 4.31 Å². The van der Waals surface area contributed by atoms with Gasteiger partial charge in [0.05, 0.1) is 17.4 Å². The molecule has 1 heterocycles. The van der Waals surface area contributed by atoms with Crippen LogP contribution in [0.15, 0.2) is 41.8 Å². The number of hydrogen-bond donors (Lipinski definition) is 0. The molecule has 2 aromatic rings. The van der Waals surface area contributed by atoms with E-state index in [1.807, 2.05) is 30.5 Å². The van der Waals surface area contributed by atoms with Crippen LogP contribution in [0.4, 0.5) is 0 Å². The van der Waals surface area contributed by atoms with Crippen molar-refractivity contribution in [3.8, 4) is 6.07 Å². The molecule has 0 N–H and O–H groups in total. The predicted octanol–water partition coefficient (Wildman–Crippen LogP) is 2.97. The van der Waals surface area contributed by atoms with Gasteiger partial charge in [0, 0.05) is 18.0 Å². The zero-order valence-electron chi connectivity index (χ0n) is 11.7. The lowest BCUT2D eigenvalue weighted by Gasteiger charge is -2.19. The smallest absolute Gasteiger partial charge is 0.212 e. The summed E-state index contributed by atoms with van der Waals surface area (Å²) in [7, 11) is -3.36. The van der Waals surface area contributed by atoms with Crippen LogP contribution in [0.5, 0.6) is 0 Å². The fourth-order valence-electron chi connectivity index (χ4n) is 1.96. The van der Waals surface area contributed by atoms with Crippen LogP contribution in [-0.4, -0.2) is 19.3 Å². The molecule has 0 spiro atoms. The van der Waals surface area contributed by atoms with Crippen molar-refractivity contribution in [2.24, 2.45) is 0 Å². The Balaban J connectivity index is 2.13. The maximum atomic E-state index is 12.5. The molecule has 0 aliphatic carbocycles. The summed E-state index contributed by atoms with van der Waals surface area (Å²) in [6.07, 6.45) is 0. The third kappa shape index (κ3) is 4.14. The van der Waals surface area contributed by atoms with Crippen LogP contribution in [0.3, 0.4) is 0 Å². The average Bonchev–Trinajstić information content (AvgIpc) is 2.98. The summed E-state index contributed by atoms with van der Waals surface area (Å²) in [6, 6.07) is 12.5. The van der Waals surface area contributed by atoms with Crippen molar-refractivity contribution in [2.75, 3.05) is 6.54 Å². The standard InChI is InChI=1S/C15H16N2O2S2/c1-2-17(11-15-4-3-9-20-15)21(18,19)12-14-7-5-13(10-16)6-8-14/h3-9H,2,11-12H2,1H3. The van der Waals surface area contributed by atoms with E-state index in [9.17, 15) is 8.42 Å². The number of rotatable bonds is 6. The van der Waals surface area contributed by atoms with E-state index in [4.69, 9.17) is 5.26 Å². The fourth-order valence-corrected chi connectivity index (χ4v) is 4.29. The first-order chi connectivity index (χ1) is 10.0. The van der Waals surface area contributed by atoms with E-state index in [0.717, 1.165) is 4.88 Å². The maximum absolute atomic E-state index is 12.5. The first-order valence-corrected chi connectivity index (χ1v) is 9.03. The fraction of sp³-hybridized carbons (Fsp3) is 0.267. The Bertz CT molecular complexity index is 714. The van der Waals surface area contributed by atoms with E-state index in [0.29, 0.717) is 24.2 Å². The highest BCUT2D eigenvalue weighted by atomic mass is 32.2. The van der Waals surface area contributed by atoms with E-state index in [2.05, 4.69) is 0 Å². The summed E-state index contributed by atoms with van der Waals surface area (Å²) < 4.78 is 26.4. The molecule has 0 saturated heterocycles. The minimum Gasteiger partial charge on any atom is -0.212 e. The van der Waals surface area contributed by atoms with Gasteiger partial charge in [-0.05, 0) is 29.1 Å². The molecular formula is C15H16N2O2S2. The van der Waals surface area contributed by atoms with E-state index in [-0.39, 0.29) is 5.75 Å². The largest absolute Gasteiger partial charge is 0.218 e. The van der Waals surface area contributed by atoms with Gasteiger partial charge in [0.15, 0.2) is 0 Å². The van der Waals surface area contributed by atoms with Gasteiger partial charge < -0.3 is 0 Å². The van der Waals surface area contributed by atoms with Crippen LogP contribution in [0.2, 0.25) is 0 Å². The van der Waals surface area contributed by atoms with E-state index >= 15 is 0 Å². The third-order valence-corrected chi connectivity index (χ3v) is 5.82. The number of nitrogens with zero attached hydrogens (tertiary/aromatic N) is 2. The molecule has 0 bridgehead atoms. The zero-order chi connectivity index (χ0) is 15.3. The number of sulfonamides is 1. The molecule has 0 saturated carbocycles. The Morgan fingerprint density at radius 2 is 1.95 bits per heavy atom. The molecule has 0 atom stereocenters. The summed E-state index contributed by atoms with van der Waals surface area (Å²) in [5, 5.41) is 10.7. The average molecular weight is 320 g/mol. The SMILES string of the molecule is CCN(Cc1cccs1)S(=O)(=O)Cc1ccc(C#N)cc1. The first kappa shape index (κ1) is 15.7. The number of thiophene rings is 1. The van der Waals surface area contributed by atoms with Gasteiger partial charge in [-0.1, -0.05) is 25.1 Å². The summed E-state index contributed by atoms with van der Waals surface area (Å²) in [6.45, 7) is 2.69. The lowest BCUT2D eigenvalue weighted by molar-refractivity contribution is 0.425. The van der Waals surface area contributed by atoms with E-state index in [1.54, 1.807) is 35.6 Å². The van der Waals surface area contributed by atoms with Crippen molar-refractivity contribution < 1.29 is 8.42 Å². The minimum atomic E-state index is -3.36. The van der Waals surface area contributed by atoms with Crippen molar-refractivity contribution in [3.63, 3.8) is 0 Å². The first-order valence-electron chi connectivity index (χ1n) is 6.54. The quantitative estimate of drug-likeness (QED) is 0.822. The van der Waals surface area contributed by atoms with Gasteiger partial charge in [0.1, 0.15) is 0 Å². The maximum Gasteiger partial charge on any atom is 0.218 e. The molecule has 1 aromatic heterocycles. The van der Waals surface area contributed by atoms with Crippen LogP contribution in [-0.2, 0) is 22.3 Å². The van der Waals surface area contributed by atoms with Crippen molar-refractivity contribution in [1.82, 2.24) is 4.31 Å². The molecule has 0 aliphatic rings. The lowest BCUT2D eigenvalue weighted by Crippen LogP contribution is -2.31. The molecule has 1 aromatic carbocycles. The third-order valence-electron chi connectivity index (χ3n) is 3.09. The molecule has 21 heavy (non-hydrogen) atoms. The van der Waals surface area contributed by atoms with E-state index < -0.39 is 10.0 Å². The normalized spacial score (nSPS) is 11.5. The van der Waals surface area contributed by atoms with Gasteiger partial charge >= 0.3 is 0 Å². The molecule has 4 nitrogen and oxygen atoms in total. The van der Waals surface area contributed by atoms with Crippen LogP contribution in [0.1, 0.15) is 22.9 Å². The second-order valence-electron chi connectivity index (χ2n) is 4.57. The Hall–Kier alpha value is -1.68. The summed E-state index contributed by atoms with van der Waals surface area (Å²) in [5.41, 5.74) is 1.22. The highest BCUT2D eigenvalue weighted by Gasteiger charge is 2.21. The highest BCUT2D eigenvalue weighted by Crippen LogP contribution is 2.17. The lowest BCUT2D eigenvalue weighted by atomic mass is 10.2. The second kappa shape index (κ2) is 6.85. The molecule has 0 aliphatic heterocycles. The minimum absolute atomic E-state index is 0.0437. The van der Waals surface area contributed by atoms with Gasteiger partial charge in [-0.3, -0.25) is 0 Å². The van der Waals surface area contributed by atoms with Gasteiger partial charge in [0.25, 0.3) is 0 Å². The van der Waals surface area contributed by atoms with Crippen LogP contribution in [0.25, 0.3) is 0 Å². The molecule has 2 rings (SSSR count). The Morgan fingerprint density at radius 1 is 1.24 bits per heavy atom. The Morgan fingerprint density at radius 3 is 2.48 bits per heavy atom. The number of hydrogen-bond acceptors (Lipinski definition) is 4. The Kier molecular flexibility index (Phi) is 5.12. The topological polar surface area (TPSA) is 61.2 Å². The van der Waals surface area contributed by atoms with Crippen molar-refractivity contribution in [3.05, 3.63) is 57.8 Å². The summed E-state index contributed by atoms with van der Waals surface area (Å²) in [5.74, 6) is -0.0437. The predicted molar refractivity (Wildman–Crippen MR) is 84.2 cm³/mol. The van der Waals surface area contributed by atoms with Crippen molar-refractivity contribution in [2.45, 2.75) is 19.2 Å². The van der Waals surface area contributed by atoms with Gasteiger partial charge in [0.2, 0.25) is 10.0 Å². The molecule has 0 fully saturated rings. The van der Waals surface area contributed by atoms with Crippen LogP contribution >= 0.6 is 11.3 Å². The molecule has 0 radical (unpaired) electrons. The van der Waals surface area contributed by atoms with Crippen molar-refractivity contribution in [1.29, 1.82) is 5.26 Å². The van der Waals surface area contributed by atoms with Crippen molar-refractivity contribution >= 4 is 21.4 Å². The number of benzene rings is 1. The molecule has 6 heteroatoms. The van der Waals surface area contributed by atoms with Gasteiger partial charge in [-0.15, -0.1) is 11.3 Å². The van der Waals surface area contributed by atoms with Gasteiger partial charge in [-0.2, -0.15) is 9.57 Å². The van der Waals surface area contributed by atoms with Gasteiger partial charge in [-0.25, -0.2) is 8.42 Å². The second-order valence-corrected chi connectivity index (χ2v) is 7.57. The molecule has 0 unspecified atom stereocenters. The van der Waals surface area contributed by atoms with Crippen LogP contribution < -0.4 is 0 Å². The molecule has 110 valence electrons. The Labute approximate surface area is 129 Å².